The number of rotatable bonds is 9. The van der Waals surface area contributed by atoms with Gasteiger partial charge in [-0.3, -0.25) is 0 Å². The molecule has 0 saturated heterocycles. The van der Waals surface area contributed by atoms with Crippen molar-refractivity contribution in [1.82, 2.24) is 0 Å². The highest BCUT2D eigenvalue weighted by Crippen LogP contribution is 2.47. The molecular weight excluding hydrogens is 751 g/mol. The number of nitrogens with zero attached hydrogens (tertiary/aromatic N) is 1. The molecule has 0 aliphatic rings. The average Bonchev–Trinajstić information content (AvgIpc) is 3.75. The lowest BCUT2D eigenvalue weighted by molar-refractivity contribution is 0.670. The van der Waals surface area contributed by atoms with Crippen molar-refractivity contribution in [3.05, 3.63) is 249 Å². The summed E-state index contributed by atoms with van der Waals surface area (Å²) < 4.78 is 6.48. The molecule has 62 heavy (non-hydrogen) atoms. The fraction of sp³-hybridized carbons (Fsp3) is 0. The van der Waals surface area contributed by atoms with E-state index in [1.807, 2.05) is 12.1 Å². The summed E-state index contributed by atoms with van der Waals surface area (Å²) in [5, 5.41) is 2.25. The van der Waals surface area contributed by atoms with Crippen LogP contribution in [0.15, 0.2) is 253 Å². The number of fused-ring (bicyclic) bond motifs is 3. The Kier molecular flexibility index (Phi) is 9.57. The molecule has 1 aromatic heterocycles. The van der Waals surface area contributed by atoms with Gasteiger partial charge in [-0.2, -0.15) is 0 Å². The SMILES string of the molecule is c1ccc(-c2ccc(N(c3ccc(-c4cccc5c4oc4ccccc45)cc3)c3ccccc3-c3ccc(-c4ccccc4)cc3-c3ccccc3-c3ccccc3)cc2)cc1. The van der Waals surface area contributed by atoms with Crippen LogP contribution in [0.5, 0.6) is 0 Å². The van der Waals surface area contributed by atoms with Crippen LogP contribution in [0.4, 0.5) is 17.1 Å². The summed E-state index contributed by atoms with van der Waals surface area (Å²) in [6.45, 7) is 0. The zero-order valence-corrected chi connectivity index (χ0v) is 34.0. The van der Waals surface area contributed by atoms with Crippen LogP contribution in [-0.2, 0) is 0 Å². The first kappa shape index (κ1) is 36.8. The predicted molar refractivity (Wildman–Crippen MR) is 261 cm³/mol. The van der Waals surface area contributed by atoms with E-state index in [-0.39, 0.29) is 0 Å². The smallest absolute Gasteiger partial charge is 0.143 e. The minimum absolute atomic E-state index is 0.899. The number of para-hydroxylation sites is 3. The van der Waals surface area contributed by atoms with E-state index in [0.717, 1.165) is 61.3 Å². The Morgan fingerprint density at radius 3 is 1.40 bits per heavy atom. The Bertz CT molecular complexity index is 3310. The van der Waals surface area contributed by atoms with E-state index < -0.39 is 0 Å². The van der Waals surface area contributed by atoms with Gasteiger partial charge in [0, 0.05) is 33.3 Å². The summed E-state index contributed by atoms with van der Waals surface area (Å²) in [6.07, 6.45) is 0. The molecule has 10 aromatic carbocycles. The van der Waals surface area contributed by atoms with E-state index in [4.69, 9.17) is 4.42 Å². The van der Waals surface area contributed by atoms with E-state index in [9.17, 15) is 0 Å². The van der Waals surface area contributed by atoms with Gasteiger partial charge >= 0.3 is 0 Å². The Morgan fingerprint density at radius 2 is 0.710 bits per heavy atom. The van der Waals surface area contributed by atoms with E-state index in [2.05, 4.69) is 241 Å². The first-order chi connectivity index (χ1) is 30.8. The largest absolute Gasteiger partial charge is 0.455 e. The van der Waals surface area contributed by atoms with Gasteiger partial charge in [0.2, 0.25) is 0 Å². The molecule has 0 fully saturated rings. The second-order valence-corrected chi connectivity index (χ2v) is 15.6. The molecule has 0 N–H and O–H groups in total. The lowest BCUT2D eigenvalue weighted by atomic mass is 9.86. The molecule has 0 unspecified atom stereocenters. The van der Waals surface area contributed by atoms with Gasteiger partial charge in [0.05, 0.1) is 5.69 Å². The van der Waals surface area contributed by atoms with Crippen LogP contribution in [0.2, 0.25) is 0 Å². The number of anilines is 3. The van der Waals surface area contributed by atoms with Crippen molar-refractivity contribution in [3.8, 4) is 66.8 Å². The molecule has 11 aromatic rings. The van der Waals surface area contributed by atoms with Crippen LogP contribution < -0.4 is 4.90 Å². The summed E-state index contributed by atoms with van der Waals surface area (Å²) in [5.74, 6) is 0. The first-order valence-corrected chi connectivity index (χ1v) is 21.2. The molecular formula is C60H41NO. The molecule has 0 atom stereocenters. The Hall–Kier alpha value is -8.20. The van der Waals surface area contributed by atoms with Crippen molar-refractivity contribution in [2.75, 3.05) is 4.90 Å². The zero-order chi connectivity index (χ0) is 41.2. The van der Waals surface area contributed by atoms with E-state index >= 15 is 0 Å². The fourth-order valence-electron chi connectivity index (χ4n) is 8.92. The maximum absolute atomic E-state index is 6.48. The van der Waals surface area contributed by atoms with Gasteiger partial charge in [0.15, 0.2) is 0 Å². The third-order valence-corrected chi connectivity index (χ3v) is 11.9. The third kappa shape index (κ3) is 6.84. The first-order valence-electron chi connectivity index (χ1n) is 21.2. The van der Waals surface area contributed by atoms with Crippen molar-refractivity contribution in [3.63, 3.8) is 0 Å². The highest BCUT2D eigenvalue weighted by Gasteiger charge is 2.22. The molecule has 1 heterocycles. The molecule has 2 heteroatoms. The average molecular weight is 792 g/mol. The summed E-state index contributed by atoms with van der Waals surface area (Å²) in [4.78, 5) is 2.40. The minimum Gasteiger partial charge on any atom is -0.455 e. The van der Waals surface area contributed by atoms with Crippen LogP contribution in [0.1, 0.15) is 0 Å². The third-order valence-electron chi connectivity index (χ3n) is 11.9. The summed E-state index contributed by atoms with van der Waals surface area (Å²) in [5.41, 5.74) is 18.9. The van der Waals surface area contributed by atoms with Crippen molar-refractivity contribution in [2.24, 2.45) is 0 Å². The predicted octanol–water partition coefficient (Wildman–Crippen LogP) is 17.1. The Balaban J connectivity index is 1.09. The maximum atomic E-state index is 6.48. The van der Waals surface area contributed by atoms with Gasteiger partial charge in [0.25, 0.3) is 0 Å². The molecule has 2 nitrogen and oxygen atoms in total. The highest BCUT2D eigenvalue weighted by atomic mass is 16.3. The Labute approximate surface area is 362 Å². The summed E-state index contributed by atoms with van der Waals surface area (Å²) in [6, 6.07) is 89.1. The molecule has 0 spiro atoms. The lowest BCUT2D eigenvalue weighted by Gasteiger charge is -2.29. The number of furan rings is 1. The molecule has 0 aliphatic carbocycles. The standard InChI is InChI=1S/C60H41NO/c1-4-17-42(18-5-1)44-31-36-48(37-32-44)61(49-38-33-46(34-39-49)51-27-16-28-56-55-26-13-15-30-59(55)62-60(51)56)58-29-14-12-25-54(58)53-40-35-47(43-19-6-2-7-20-43)41-57(53)52-24-11-10-23-50(52)45-21-8-3-9-22-45/h1-41H. The number of hydrogen-bond donors (Lipinski definition) is 0. The quantitative estimate of drug-likeness (QED) is 0.145. The van der Waals surface area contributed by atoms with Gasteiger partial charge < -0.3 is 9.32 Å². The van der Waals surface area contributed by atoms with Crippen molar-refractivity contribution >= 4 is 39.0 Å². The lowest BCUT2D eigenvalue weighted by Crippen LogP contribution is -2.11. The van der Waals surface area contributed by atoms with Crippen molar-refractivity contribution in [2.45, 2.75) is 0 Å². The topological polar surface area (TPSA) is 16.4 Å². The zero-order valence-electron chi connectivity index (χ0n) is 34.0. The molecule has 0 aliphatic heterocycles. The van der Waals surface area contributed by atoms with Crippen LogP contribution >= 0.6 is 0 Å². The molecule has 11 rings (SSSR count). The van der Waals surface area contributed by atoms with Crippen LogP contribution in [0.3, 0.4) is 0 Å². The van der Waals surface area contributed by atoms with Crippen LogP contribution in [-0.4, -0.2) is 0 Å². The van der Waals surface area contributed by atoms with E-state index in [1.165, 1.54) is 44.5 Å². The van der Waals surface area contributed by atoms with Gasteiger partial charge in [-0.1, -0.05) is 206 Å². The normalized spacial score (nSPS) is 11.2. The number of benzene rings is 10. The second kappa shape index (κ2) is 16.1. The Morgan fingerprint density at radius 1 is 0.258 bits per heavy atom. The summed E-state index contributed by atoms with van der Waals surface area (Å²) >= 11 is 0. The van der Waals surface area contributed by atoms with Crippen molar-refractivity contribution < 1.29 is 4.42 Å². The van der Waals surface area contributed by atoms with E-state index in [0.29, 0.717) is 0 Å². The second-order valence-electron chi connectivity index (χ2n) is 15.6. The molecule has 0 bridgehead atoms. The highest BCUT2D eigenvalue weighted by molar-refractivity contribution is 6.09. The maximum Gasteiger partial charge on any atom is 0.143 e. The van der Waals surface area contributed by atoms with Crippen LogP contribution in [0, 0.1) is 0 Å². The fourth-order valence-corrected chi connectivity index (χ4v) is 8.92. The van der Waals surface area contributed by atoms with Gasteiger partial charge in [0.1, 0.15) is 11.2 Å². The van der Waals surface area contributed by atoms with Gasteiger partial charge in [-0.05, 0) is 98.1 Å². The molecule has 0 saturated carbocycles. The molecule has 0 radical (unpaired) electrons. The van der Waals surface area contributed by atoms with Gasteiger partial charge in [-0.15, -0.1) is 0 Å². The minimum atomic E-state index is 0.899. The van der Waals surface area contributed by atoms with Gasteiger partial charge in [-0.25, -0.2) is 0 Å². The molecule has 0 amide bonds. The van der Waals surface area contributed by atoms with E-state index in [1.54, 1.807) is 0 Å². The molecule has 292 valence electrons. The van der Waals surface area contributed by atoms with Crippen molar-refractivity contribution in [1.29, 1.82) is 0 Å². The monoisotopic (exact) mass is 791 g/mol. The number of hydrogen-bond acceptors (Lipinski definition) is 2. The summed E-state index contributed by atoms with van der Waals surface area (Å²) in [7, 11) is 0. The van der Waals surface area contributed by atoms with Crippen LogP contribution in [0.25, 0.3) is 88.7 Å².